The summed E-state index contributed by atoms with van der Waals surface area (Å²) in [6.07, 6.45) is 4.24. The molecule has 5 nitrogen and oxygen atoms in total. The minimum atomic E-state index is -0.380. The fraction of sp³-hybridized carbons (Fsp3) is 0.231. The van der Waals surface area contributed by atoms with Gasteiger partial charge in [0, 0.05) is 24.2 Å². The van der Waals surface area contributed by atoms with Gasteiger partial charge in [-0.1, -0.05) is 60.2 Å². The molecule has 2 aliphatic rings. The Bertz CT molecular complexity index is 1190. The summed E-state index contributed by atoms with van der Waals surface area (Å²) in [4.78, 5) is 29.1. The van der Waals surface area contributed by atoms with Crippen LogP contribution in [0.2, 0.25) is 0 Å². The van der Waals surface area contributed by atoms with Crippen molar-refractivity contribution in [3.05, 3.63) is 83.1 Å². The predicted molar refractivity (Wildman–Crippen MR) is 124 cm³/mol. The Labute approximate surface area is 182 Å². The third-order valence-electron chi connectivity index (χ3n) is 6.10. The minimum absolute atomic E-state index is 0.261. The average Bonchev–Trinajstić information content (AvgIpc) is 3.40. The largest absolute Gasteiger partial charge is 0.371 e. The van der Waals surface area contributed by atoms with Crippen molar-refractivity contribution in [2.24, 2.45) is 0 Å². The minimum Gasteiger partial charge on any atom is -0.371 e. The second kappa shape index (κ2) is 7.91. The first-order valence-corrected chi connectivity index (χ1v) is 10.8. The Balaban J connectivity index is 1.46. The van der Waals surface area contributed by atoms with Gasteiger partial charge >= 0.3 is 6.03 Å². The zero-order valence-electron chi connectivity index (χ0n) is 17.6. The molecule has 31 heavy (non-hydrogen) atoms. The smallest absolute Gasteiger partial charge is 0.329 e. The number of hydrogen-bond donors (Lipinski definition) is 1. The van der Waals surface area contributed by atoms with Crippen LogP contribution < -0.4 is 10.2 Å². The van der Waals surface area contributed by atoms with Gasteiger partial charge in [0.15, 0.2) is 0 Å². The first kappa shape index (κ1) is 19.4. The molecule has 3 aromatic carbocycles. The molecule has 2 aliphatic heterocycles. The number of rotatable bonds is 4. The highest BCUT2D eigenvalue weighted by Gasteiger charge is 2.33. The van der Waals surface area contributed by atoms with E-state index in [-0.39, 0.29) is 18.5 Å². The summed E-state index contributed by atoms with van der Waals surface area (Å²) in [7, 11) is 0. The van der Waals surface area contributed by atoms with Gasteiger partial charge in [-0.05, 0) is 48.4 Å². The molecule has 156 valence electrons. The van der Waals surface area contributed by atoms with Gasteiger partial charge in [-0.15, -0.1) is 0 Å². The van der Waals surface area contributed by atoms with Crippen molar-refractivity contribution in [1.29, 1.82) is 0 Å². The number of benzene rings is 3. The van der Waals surface area contributed by atoms with Crippen molar-refractivity contribution in [1.82, 2.24) is 10.2 Å². The highest BCUT2D eigenvalue weighted by Crippen LogP contribution is 2.33. The quantitative estimate of drug-likeness (QED) is 0.494. The number of anilines is 1. The number of carbonyl (C=O) groups excluding carboxylic acids is 2. The number of urea groups is 1. The summed E-state index contributed by atoms with van der Waals surface area (Å²) < 4.78 is 0. The summed E-state index contributed by atoms with van der Waals surface area (Å²) in [5.74, 6) is -0.293. The number of nitrogens with zero attached hydrogens (tertiary/aromatic N) is 2. The van der Waals surface area contributed by atoms with E-state index < -0.39 is 0 Å². The van der Waals surface area contributed by atoms with Gasteiger partial charge in [-0.25, -0.2) is 4.79 Å². The van der Waals surface area contributed by atoms with E-state index in [0.29, 0.717) is 5.70 Å². The van der Waals surface area contributed by atoms with E-state index >= 15 is 0 Å². The lowest BCUT2D eigenvalue weighted by Crippen LogP contribution is -2.30. The van der Waals surface area contributed by atoms with E-state index in [0.717, 1.165) is 35.2 Å². The summed E-state index contributed by atoms with van der Waals surface area (Å²) in [6, 6.07) is 19.9. The lowest BCUT2D eigenvalue weighted by atomic mass is 10.0. The third-order valence-corrected chi connectivity index (χ3v) is 6.10. The highest BCUT2D eigenvalue weighted by molar-refractivity contribution is 6.15. The lowest BCUT2D eigenvalue weighted by Gasteiger charge is -2.20. The van der Waals surface area contributed by atoms with E-state index in [1.807, 2.05) is 49.4 Å². The Morgan fingerprint density at radius 2 is 1.61 bits per heavy atom. The van der Waals surface area contributed by atoms with E-state index in [2.05, 4.69) is 28.4 Å². The first-order chi connectivity index (χ1) is 15.1. The van der Waals surface area contributed by atoms with Gasteiger partial charge in [0.05, 0.1) is 6.54 Å². The number of amides is 3. The molecular weight excluding hydrogens is 386 g/mol. The van der Waals surface area contributed by atoms with Crippen LogP contribution in [0.4, 0.5) is 10.5 Å². The SMILES string of the molecule is Cc1ccc(CN2C(=O)N/C(=C/c3ccc(N4CCCC4)c4ccccc34)C2=O)cc1. The van der Waals surface area contributed by atoms with Gasteiger partial charge in [0.25, 0.3) is 5.91 Å². The maximum atomic E-state index is 13.0. The summed E-state index contributed by atoms with van der Waals surface area (Å²) >= 11 is 0. The molecule has 5 heteroatoms. The van der Waals surface area contributed by atoms with Crippen LogP contribution in [0.25, 0.3) is 16.8 Å². The molecule has 3 amide bonds. The van der Waals surface area contributed by atoms with Gasteiger partial charge in [0.1, 0.15) is 5.70 Å². The van der Waals surface area contributed by atoms with Crippen LogP contribution in [-0.2, 0) is 11.3 Å². The van der Waals surface area contributed by atoms with Gasteiger partial charge in [0.2, 0.25) is 0 Å². The van der Waals surface area contributed by atoms with Crippen LogP contribution in [0.1, 0.15) is 29.5 Å². The van der Waals surface area contributed by atoms with Crippen molar-refractivity contribution in [2.75, 3.05) is 18.0 Å². The van der Waals surface area contributed by atoms with E-state index in [1.165, 1.54) is 28.8 Å². The molecule has 0 saturated carbocycles. The van der Waals surface area contributed by atoms with Crippen molar-refractivity contribution in [3.8, 4) is 0 Å². The van der Waals surface area contributed by atoms with E-state index in [9.17, 15) is 9.59 Å². The Hall–Kier alpha value is -3.60. The van der Waals surface area contributed by atoms with E-state index in [1.54, 1.807) is 6.08 Å². The molecule has 5 rings (SSSR count). The van der Waals surface area contributed by atoms with Crippen molar-refractivity contribution in [3.63, 3.8) is 0 Å². The van der Waals surface area contributed by atoms with Crippen LogP contribution in [0.3, 0.4) is 0 Å². The number of fused-ring (bicyclic) bond motifs is 1. The fourth-order valence-electron chi connectivity index (χ4n) is 4.41. The second-order valence-electron chi connectivity index (χ2n) is 8.28. The highest BCUT2D eigenvalue weighted by atomic mass is 16.2. The number of hydrogen-bond acceptors (Lipinski definition) is 3. The molecule has 0 aromatic heterocycles. The Morgan fingerprint density at radius 1 is 0.903 bits per heavy atom. The number of nitrogens with one attached hydrogen (secondary N) is 1. The molecule has 0 unspecified atom stereocenters. The molecule has 2 fully saturated rings. The van der Waals surface area contributed by atoms with Gasteiger partial charge in [-0.3, -0.25) is 9.69 Å². The first-order valence-electron chi connectivity index (χ1n) is 10.8. The van der Waals surface area contributed by atoms with Crippen molar-refractivity contribution < 1.29 is 9.59 Å². The van der Waals surface area contributed by atoms with Gasteiger partial charge < -0.3 is 10.2 Å². The van der Waals surface area contributed by atoms with Crippen LogP contribution in [0, 0.1) is 6.92 Å². The van der Waals surface area contributed by atoms with Gasteiger partial charge in [-0.2, -0.15) is 0 Å². The Morgan fingerprint density at radius 3 is 2.35 bits per heavy atom. The molecule has 2 saturated heterocycles. The summed E-state index contributed by atoms with van der Waals surface area (Å²) in [5, 5.41) is 5.01. The molecule has 0 aliphatic carbocycles. The zero-order chi connectivity index (χ0) is 21.4. The molecule has 0 spiro atoms. The van der Waals surface area contributed by atoms with Crippen LogP contribution in [0.15, 0.2) is 66.4 Å². The van der Waals surface area contributed by atoms with Crippen molar-refractivity contribution >= 4 is 34.5 Å². The topological polar surface area (TPSA) is 52.7 Å². The summed E-state index contributed by atoms with van der Waals surface area (Å²) in [6.45, 7) is 4.43. The fourth-order valence-corrected chi connectivity index (χ4v) is 4.41. The number of imide groups is 1. The predicted octanol–water partition coefficient (Wildman–Crippen LogP) is 4.84. The normalized spacial score (nSPS) is 17.8. The molecule has 1 N–H and O–H groups in total. The molecule has 0 bridgehead atoms. The monoisotopic (exact) mass is 411 g/mol. The maximum absolute atomic E-state index is 13.0. The van der Waals surface area contributed by atoms with E-state index in [4.69, 9.17) is 0 Å². The molecule has 0 atom stereocenters. The second-order valence-corrected chi connectivity index (χ2v) is 8.28. The maximum Gasteiger partial charge on any atom is 0.329 e. The standard InChI is InChI=1S/C26H25N3O2/c1-18-8-10-19(11-9-18)17-29-25(30)23(27-26(29)31)16-20-12-13-24(28-14-4-5-15-28)22-7-3-2-6-21(20)22/h2-3,6-13,16H,4-5,14-15,17H2,1H3,(H,27,31)/b23-16+. The molecule has 0 radical (unpaired) electrons. The van der Waals surface area contributed by atoms with Crippen LogP contribution >= 0.6 is 0 Å². The molecular formula is C26H25N3O2. The third kappa shape index (κ3) is 3.67. The molecule has 2 heterocycles. The Kier molecular flexibility index (Phi) is 4.94. The zero-order valence-corrected chi connectivity index (χ0v) is 17.6. The van der Waals surface area contributed by atoms with Crippen molar-refractivity contribution in [2.45, 2.75) is 26.3 Å². The average molecular weight is 412 g/mol. The number of aryl methyl sites for hydroxylation is 1. The molecule has 3 aromatic rings. The number of carbonyl (C=O) groups is 2. The lowest BCUT2D eigenvalue weighted by molar-refractivity contribution is -0.123. The van der Waals surface area contributed by atoms with Crippen LogP contribution in [0.5, 0.6) is 0 Å². The summed E-state index contributed by atoms with van der Waals surface area (Å²) in [5.41, 5.74) is 4.55. The van der Waals surface area contributed by atoms with Crippen LogP contribution in [-0.4, -0.2) is 29.9 Å².